The molecule has 11 nitrogen and oxygen atoms in total. The molecule has 0 spiro atoms. The number of nitrogens with zero attached hydrogens (tertiary/aromatic N) is 3. The van der Waals surface area contributed by atoms with Gasteiger partial charge in [0.15, 0.2) is 0 Å². The molecule has 0 radical (unpaired) electrons. The number of amides is 4. The van der Waals surface area contributed by atoms with Crippen molar-refractivity contribution in [3.8, 4) is 29.0 Å². The molecule has 1 aromatic heterocycles. The lowest BCUT2D eigenvalue weighted by Crippen LogP contribution is -2.54. The fourth-order valence-corrected chi connectivity index (χ4v) is 4.05. The minimum atomic E-state index is -1.59. The lowest BCUT2D eigenvalue weighted by atomic mass is 9.99. The molecule has 0 bridgehead atoms. The Labute approximate surface area is 209 Å². The van der Waals surface area contributed by atoms with Crippen molar-refractivity contribution in [3.63, 3.8) is 0 Å². The number of rotatable bonds is 6. The van der Waals surface area contributed by atoms with Gasteiger partial charge in [0.1, 0.15) is 5.75 Å². The third kappa shape index (κ3) is 4.20. The van der Waals surface area contributed by atoms with E-state index in [1.165, 1.54) is 12.0 Å². The molecule has 0 unspecified atom stereocenters. The van der Waals surface area contributed by atoms with Gasteiger partial charge in [0, 0.05) is 32.6 Å². The van der Waals surface area contributed by atoms with Crippen molar-refractivity contribution in [2.75, 3.05) is 25.5 Å². The summed E-state index contributed by atoms with van der Waals surface area (Å²) in [6.45, 7) is 2.76. The number of ether oxygens (including phenoxy) is 1. The molecule has 186 valence electrons. The second kappa shape index (κ2) is 9.07. The van der Waals surface area contributed by atoms with E-state index in [0.29, 0.717) is 47.4 Å². The van der Waals surface area contributed by atoms with Crippen LogP contribution in [0.4, 0.5) is 10.8 Å². The summed E-state index contributed by atoms with van der Waals surface area (Å²) in [5.41, 5.74) is 1.01. The Kier molecular flexibility index (Phi) is 5.77. The summed E-state index contributed by atoms with van der Waals surface area (Å²) < 4.78 is 10.8. The first-order valence-electron chi connectivity index (χ1n) is 11.2. The van der Waals surface area contributed by atoms with E-state index in [-0.39, 0.29) is 15.3 Å². The second-order valence-corrected chi connectivity index (χ2v) is 8.27. The number of carbonyl (C=O) groups excluding carboxylic acids is 3. The van der Waals surface area contributed by atoms with Crippen molar-refractivity contribution in [1.82, 2.24) is 25.7 Å². The first-order valence-corrected chi connectivity index (χ1v) is 11.2. The summed E-state index contributed by atoms with van der Waals surface area (Å²) in [6, 6.07) is 11.9. The van der Waals surface area contributed by atoms with Gasteiger partial charge in [0.05, 0.1) is 13.7 Å². The maximum atomic E-state index is 13.0. The van der Waals surface area contributed by atoms with Crippen LogP contribution in [0.3, 0.4) is 0 Å². The molecule has 11 heteroatoms. The molecule has 0 aliphatic carbocycles. The number of anilines is 1. The SMILES string of the molecule is CCNc1nnc(-c2ccc(C#C[C@]3(CN4Cc5ccc(OC)cc5C4=O)NC(=O)NC3=O)cc2)o1.[HH].[HH]. The van der Waals surface area contributed by atoms with Crippen molar-refractivity contribution in [3.05, 3.63) is 59.2 Å². The molecule has 2 aliphatic heterocycles. The first-order chi connectivity index (χ1) is 17.4. The Bertz CT molecular complexity index is 1430. The predicted octanol–water partition coefficient (Wildman–Crippen LogP) is 2.25. The highest BCUT2D eigenvalue weighted by Gasteiger charge is 2.48. The molecule has 2 aliphatic rings. The van der Waals surface area contributed by atoms with Crippen LogP contribution in [0, 0.1) is 11.8 Å². The van der Waals surface area contributed by atoms with E-state index >= 15 is 0 Å². The predicted molar refractivity (Wildman–Crippen MR) is 132 cm³/mol. The van der Waals surface area contributed by atoms with Gasteiger partial charge in [-0.25, -0.2) is 4.79 Å². The molecule has 1 fully saturated rings. The van der Waals surface area contributed by atoms with Crippen LogP contribution in [0.2, 0.25) is 0 Å². The summed E-state index contributed by atoms with van der Waals surface area (Å²) in [4.78, 5) is 39.3. The van der Waals surface area contributed by atoms with E-state index in [1.54, 1.807) is 36.4 Å². The van der Waals surface area contributed by atoms with Gasteiger partial charge in [-0.1, -0.05) is 23.0 Å². The van der Waals surface area contributed by atoms with Crippen molar-refractivity contribution in [1.29, 1.82) is 0 Å². The number of hydrogen-bond donors (Lipinski definition) is 3. The zero-order valence-electron chi connectivity index (χ0n) is 19.5. The minimum absolute atomic E-state index is 0. The van der Waals surface area contributed by atoms with Crippen LogP contribution in [-0.4, -0.2) is 58.7 Å². The van der Waals surface area contributed by atoms with E-state index in [0.717, 1.165) is 5.56 Å². The van der Waals surface area contributed by atoms with E-state index < -0.39 is 17.5 Å². The highest BCUT2D eigenvalue weighted by Crippen LogP contribution is 2.28. The van der Waals surface area contributed by atoms with Gasteiger partial charge >= 0.3 is 12.0 Å². The lowest BCUT2D eigenvalue weighted by molar-refractivity contribution is -0.122. The Hall–Kier alpha value is -4.85. The summed E-state index contributed by atoms with van der Waals surface area (Å²) in [6.07, 6.45) is 0. The summed E-state index contributed by atoms with van der Waals surface area (Å²) in [7, 11) is 1.53. The van der Waals surface area contributed by atoms with Gasteiger partial charge in [-0.2, -0.15) is 0 Å². The van der Waals surface area contributed by atoms with Crippen molar-refractivity contribution in [2.24, 2.45) is 0 Å². The van der Waals surface area contributed by atoms with Crippen LogP contribution in [0.5, 0.6) is 5.75 Å². The number of methoxy groups -OCH3 is 1. The zero-order valence-corrected chi connectivity index (χ0v) is 19.5. The van der Waals surface area contributed by atoms with Crippen molar-refractivity contribution >= 4 is 23.9 Å². The quantitative estimate of drug-likeness (QED) is 0.353. The summed E-state index contributed by atoms with van der Waals surface area (Å²) >= 11 is 0. The van der Waals surface area contributed by atoms with Gasteiger partial charge in [0.2, 0.25) is 11.4 Å². The molecule has 3 N–H and O–H groups in total. The number of carbonyl (C=O) groups is 3. The average molecular weight is 491 g/mol. The van der Waals surface area contributed by atoms with Crippen molar-refractivity contribution in [2.45, 2.75) is 19.0 Å². The van der Waals surface area contributed by atoms with Crippen LogP contribution < -0.4 is 20.7 Å². The normalized spacial score (nSPS) is 18.3. The standard InChI is InChI=1S/C25H22N6O5.2H2/c1-3-26-24-30-29-20(36-24)16-6-4-15(5-7-16)10-11-25(22(33)27-23(34)28-25)14-31-13-17-8-9-18(35-2)12-19(17)21(31)32;;/h4-9,12H,3,13-14H2,1-2H3,(H,26,30)(H2,27,28,33,34);2*1H/t25-;;/m1../s1. The number of nitrogens with one attached hydrogen (secondary N) is 3. The monoisotopic (exact) mass is 490 g/mol. The number of fused-ring (bicyclic) bond motifs is 1. The molecule has 1 atom stereocenters. The van der Waals surface area contributed by atoms with E-state index in [2.05, 4.69) is 38.0 Å². The van der Waals surface area contributed by atoms with Crippen LogP contribution in [0.15, 0.2) is 46.9 Å². The molecule has 3 aromatic rings. The van der Waals surface area contributed by atoms with Crippen LogP contribution in [0.25, 0.3) is 11.5 Å². The number of benzene rings is 2. The average Bonchev–Trinajstić information content (AvgIpc) is 3.55. The Morgan fingerprint density at radius 2 is 2.00 bits per heavy atom. The van der Waals surface area contributed by atoms with Gasteiger partial charge < -0.3 is 24.7 Å². The van der Waals surface area contributed by atoms with Crippen LogP contribution >= 0.6 is 0 Å². The second-order valence-electron chi connectivity index (χ2n) is 8.27. The fraction of sp³-hybridized carbons (Fsp3) is 0.240. The minimum Gasteiger partial charge on any atom is -0.497 e. The maximum absolute atomic E-state index is 13.0. The van der Waals surface area contributed by atoms with Crippen LogP contribution in [0.1, 0.15) is 31.3 Å². The lowest BCUT2D eigenvalue weighted by Gasteiger charge is -2.26. The summed E-state index contributed by atoms with van der Waals surface area (Å²) in [5, 5.41) is 15.7. The molecular formula is C25H26N6O5. The van der Waals surface area contributed by atoms with Gasteiger partial charge in [-0.3, -0.25) is 14.9 Å². The first kappa shape index (κ1) is 22.9. The van der Waals surface area contributed by atoms with Crippen molar-refractivity contribution < 1.29 is 26.4 Å². The molecule has 2 aromatic carbocycles. The molecule has 0 saturated carbocycles. The molecular weight excluding hydrogens is 464 g/mol. The van der Waals surface area contributed by atoms with Gasteiger partial charge in [-0.05, 0) is 48.9 Å². The molecule has 36 heavy (non-hydrogen) atoms. The zero-order chi connectivity index (χ0) is 25.3. The van der Waals surface area contributed by atoms with E-state index in [9.17, 15) is 14.4 Å². The van der Waals surface area contributed by atoms with Crippen LogP contribution in [-0.2, 0) is 11.3 Å². The highest BCUT2D eigenvalue weighted by molar-refractivity contribution is 6.10. The Morgan fingerprint density at radius 1 is 1.19 bits per heavy atom. The number of aromatic nitrogens is 2. The third-order valence-corrected chi connectivity index (χ3v) is 5.87. The Morgan fingerprint density at radius 3 is 2.69 bits per heavy atom. The molecule has 1 saturated heterocycles. The Balaban J connectivity index is 0.00000200. The van der Waals surface area contributed by atoms with E-state index in [1.807, 2.05) is 13.0 Å². The molecule has 5 rings (SSSR count). The number of urea groups is 1. The number of hydrogen-bond acceptors (Lipinski definition) is 8. The van der Waals surface area contributed by atoms with Gasteiger partial charge in [-0.15, -0.1) is 5.10 Å². The smallest absolute Gasteiger partial charge is 0.323 e. The largest absolute Gasteiger partial charge is 0.497 e. The highest BCUT2D eigenvalue weighted by atomic mass is 16.5. The maximum Gasteiger partial charge on any atom is 0.323 e. The molecule has 4 amide bonds. The summed E-state index contributed by atoms with van der Waals surface area (Å²) in [5.74, 6) is 5.88. The van der Waals surface area contributed by atoms with E-state index in [4.69, 9.17) is 9.15 Å². The number of imide groups is 1. The molecule has 3 heterocycles. The fourth-order valence-electron chi connectivity index (χ4n) is 4.05. The van der Waals surface area contributed by atoms with Gasteiger partial charge in [0.25, 0.3) is 11.8 Å². The third-order valence-electron chi connectivity index (χ3n) is 5.87. The topological polar surface area (TPSA) is 139 Å².